The van der Waals surface area contributed by atoms with Gasteiger partial charge in [0.05, 0.1) is 10.6 Å². The van der Waals surface area contributed by atoms with Gasteiger partial charge in [0.15, 0.2) is 5.58 Å². The van der Waals surface area contributed by atoms with E-state index in [9.17, 15) is 4.79 Å². The molecule has 0 bridgehead atoms. The van der Waals surface area contributed by atoms with Gasteiger partial charge in [-0.05, 0) is 47.9 Å². The topological polar surface area (TPSA) is 55.1 Å². The zero-order valence-corrected chi connectivity index (χ0v) is 17.0. The third kappa shape index (κ3) is 3.30. The van der Waals surface area contributed by atoms with Crippen LogP contribution >= 0.6 is 23.2 Å². The van der Waals surface area contributed by atoms with E-state index in [4.69, 9.17) is 27.6 Å². The highest BCUT2D eigenvalue weighted by Crippen LogP contribution is 2.31. The minimum Gasteiger partial charge on any atom is -0.436 e. The Balaban J connectivity index is 1.48. The predicted molar refractivity (Wildman–Crippen MR) is 121 cm³/mol. The number of carbonyl (C=O) groups is 1. The molecule has 1 amide bonds. The molecule has 0 aliphatic rings. The Labute approximate surface area is 182 Å². The van der Waals surface area contributed by atoms with Crippen LogP contribution in [0.4, 0.5) is 5.69 Å². The Kier molecular flexibility index (Phi) is 4.66. The fourth-order valence-corrected chi connectivity index (χ4v) is 3.88. The number of hydrogen-bond acceptors (Lipinski definition) is 3. The number of amides is 1. The lowest BCUT2D eigenvalue weighted by Crippen LogP contribution is -2.12. The first-order chi connectivity index (χ1) is 14.6. The van der Waals surface area contributed by atoms with Crippen molar-refractivity contribution in [3.05, 3.63) is 94.5 Å². The molecule has 1 heterocycles. The fourth-order valence-electron chi connectivity index (χ4n) is 3.42. The lowest BCUT2D eigenvalue weighted by atomic mass is 10.0. The Bertz CT molecular complexity index is 1430. The molecule has 6 heteroatoms. The smallest absolute Gasteiger partial charge is 0.256 e. The Morgan fingerprint density at radius 2 is 1.60 bits per heavy atom. The number of oxazole rings is 1. The largest absolute Gasteiger partial charge is 0.436 e. The Hall–Kier alpha value is -3.34. The number of fused-ring (bicyclic) bond motifs is 2. The van der Waals surface area contributed by atoms with E-state index in [-0.39, 0.29) is 5.91 Å². The van der Waals surface area contributed by atoms with Gasteiger partial charge in [-0.2, -0.15) is 0 Å². The maximum absolute atomic E-state index is 12.9. The van der Waals surface area contributed by atoms with Crippen molar-refractivity contribution in [1.29, 1.82) is 0 Å². The van der Waals surface area contributed by atoms with Crippen molar-refractivity contribution in [2.45, 2.75) is 0 Å². The summed E-state index contributed by atoms with van der Waals surface area (Å²) in [5.74, 6) is 0.208. The van der Waals surface area contributed by atoms with Gasteiger partial charge in [0.1, 0.15) is 5.52 Å². The number of nitrogens with zero attached hydrogens (tertiary/aromatic N) is 1. The maximum Gasteiger partial charge on any atom is 0.256 e. The van der Waals surface area contributed by atoms with E-state index in [1.807, 2.05) is 42.5 Å². The molecule has 146 valence electrons. The summed E-state index contributed by atoms with van der Waals surface area (Å²) in [4.78, 5) is 17.5. The van der Waals surface area contributed by atoms with Crippen LogP contribution in [0.25, 0.3) is 33.3 Å². The van der Waals surface area contributed by atoms with Crippen LogP contribution in [0.15, 0.2) is 83.3 Å². The normalized spacial score (nSPS) is 11.1. The van der Waals surface area contributed by atoms with E-state index in [1.54, 1.807) is 36.4 Å². The number of aromatic nitrogens is 1. The summed E-state index contributed by atoms with van der Waals surface area (Å²) in [6.07, 6.45) is 0. The second kappa shape index (κ2) is 7.48. The first-order valence-corrected chi connectivity index (χ1v) is 10.00. The van der Waals surface area contributed by atoms with Crippen molar-refractivity contribution < 1.29 is 9.21 Å². The van der Waals surface area contributed by atoms with Gasteiger partial charge in [-0.1, -0.05) is 59.6 Å². The molecule has 0 saturated carbocycles. The zero-order valence-electron chi connectivity index (χ0n) is 15.5. The van der Waals surface area contributed by atoms with E-state index < -0.39 is 0 Å². The summed E-state index contributed by atoms with van der Waals surface area (Å²) >= 11 is 12.5. The van der Waals surface area contributed by atoms with E-state index in [2.05, 4.69) is 10.3 Å². The minimum atomic E-state index is -0.225. The standard InChI is InChI=1S/C24H14Cl2N2O2/c25-19-10-4-6-15-16(19)7-3-8-17(15)23(29)27-14-11-12-22-21(13-14)28-24(30-22)18-5-1-2-9-20(18)26/h1-13H,(H,27,29). The van der Waals surface area contributed by atoms with Crippen LogP contribution in [-0.2, 0) is 0 Å². The highest BCUT2D eigenvalue weighted by Gasteiger charge is 2.14. The molecule has 0 unspecified atom stereocenters. The van der Waals surface area contributed by atoms with Gasteiger partial charge < -0.3 is 9.73 Å². The van der Waals surface area contributed by atoms with E-state index >= 15 is 0 Å². The third-order valence-corrected chi connectivity index (χ3v) is 5.52. The summed E-state index contributed by atoms with van der Waals surface area (Å²) < 4.78 is 5.83. The van der Waals surface area contributed by atoms with Gasteiger partial charge in [-0.3, -0.25) is 4.79 Å². The average molecular weight is 433 g/mol. The number of anilines is 1. The lowest BCUT2D eigenvalue weighted by Gasteiger charge is -2.09. The first-order valence-electron chi connectivity index (χ1n) is 9.24. The van der Waals surface area contributed by atoms with Crippen LogP contribution in [0.5, 0.6) is 0 Å². The number of carbonyl (C=O) groups excluding carboxylic acids is 1. The van der Waals surface area contributed by atoms with Crippen molar-refractivity contribution in [2.75, 3.05) is 5.32 Å². The summed E-state index contributed by atoms with van der Waals surface area (Å²) in [6.45, 7) is 0. The molecule has 5 rings (SSSR count). The molecule has 1 N–H and O–H groups in total. The number of hydrogen-bond donors (Lipinski definition) is 1. The molecular formula is C24H14Cl2N2O2. The molecule has 0 atom stereocenters. The van der Waals surface area contributed by atoms with Crippen LogP contribution in [0.3, 0.4) is 0 Å². The van der Waals surface area contributed by atoms with Gasteiger partial charge in [0, 0.05) is 21.7 Å². The van der Waals surface area contributed by atoms with Gasteiger partial charge >= 0.3 is 0 Å². The van der Waals surface area contributed by atoms with Gasteiger partial charge in [0.2, 0.25) is 5.89 Å². The monoisotopic (exact) mass is 432 g/mol. The molecule has 4 aromatic carbocycles. The zero-order chi connectivity index (χ0) is 20.7. The highest BCUT2D eigenvalue weighted by atomic mass is 35.5. The summed E-state index contributed by atoms with van der Waals surface area (Å²) in [5.41, 5.74) is 3.12. The molecule has 4 nitrogen and oxygen atoms in total. The fraction of sp³-hybridized carbons (Fsp3) is 0. The van der Waals surface area contributed by atoms with E-state index in [0.717, 1.165) is 10.8 Å². The van der Waals surface area contributed by atoms with Crippen LogP contribution < -0.4 is 5.32 Å². The third-order valence-electron chi connectivity index (χ3n) is 4.86. The average Bonchev–Trinajstić information content (AvgIpc) is 3.17. The van der Waals surface area contributed by atoms with Gasteiger partial charge in [0.25, 0.3) is 5.91 Å². The maximum atomic E-state index is 12.9. The van der Waals surface area contributed by atoms with Crippen molar-refractivity contribution in [1.82, 2.24) is 4.98 Å². The highest BCUT2D eigenvalue weighted by molar-refractivity contribution is 6.36. The molecule has 0 aliphatic heterocycles. The molecule has 0 aliphatic carbocycles. The lowest BCUT2D eigenvalue weighted by molar-refractivity contribution is 0.102. The summed E-state index contributed by atoms with van der Waals surface area (Å²) in [6, 6.07) is 23.7. The summed E-state index contributed by atoms with van der Waals surface area (Å²) in [7, 11) is 0. The number of rotatable bonds is 3. The van der Waals surface area contributed by atoms with Crippen molar-refractivity contribution in [3.63, 3.8) is 0 Å². The molecular weight excluding hydrogens is 419 g/mol. The van der Waals surface area contributed by atoms with E-state index in [1.165, 1.54) is 0 Å². The van der Waals surface area contributed by atoms with E-state index in [0.29, 0.717) is 43.9 Å². The predicted octanol–water partition coefficient (Wildman–Crippen LogP) is 7.21. The van der Waals surface area contributed by atoms with Crippen molar-refractivity contribution >= 4 is 56.7 Å². The van der Waals surface area contributed by atoms with Crippen molar-refractivity contribution in [2.24, 2.45) is 0 Å². The minimum absolute atomic E-state index is 0.225. The second-order valence-corrected chi connectivity index (χ2v) is 7.59. The molecule has 0 saturated heterocycles. The SMILES string of the molecule is O=C(Nc1ccc2oc(-c3ccccc3Cl)nc2c1)c1cccc2c(Cl)cccc12. The van der Waals surface area contributed by atoms with Gasteiger partial charge in [-0.15, -0.1) is 0 Å². The second-order valence-electron chi connectivity index (χ2n) is 6.78. The summed E-state index contributed by atoms with van der Waals surface area (Å²) in [5, 5.41) is 5.74. The molecule has 0 fully saturated rings. The molecule has 30 heavy (non-hydrogen) atoms. The van der Waals surface area contributed by atoms with Crippen molar-refractivity contribution in [3.8, 4) is 11.5 Å². The van der Waals surface area contributed by atoms with Gasteiger partial charge in [-0.25, -0.2) is 4.98 Å². The Morgan fingerprint density at radius 1 is 0.833 bits per heavy atom. The number of benzene rings is 4. The molecule has 0 spiro atoms. The molecule has 1 aromatic heterocycles. The first kappa shape index (κ1) is 18.7. The van der Waals surface area contributed by atoms with Crippen LogP contribution in [0, 0.1) is 0 Å². The Morgan fingerprint density at radius 3 is 2.47 bits per heavy atom. The number of nitrogens with one attached hydrogen (secondary N) is 1. The van der Waals surface area contributed by atoms with Crippen LogP contribution in [0.1, 0.15) is 10.4 Å². The number of halogens is 2. The van der Waals surface area contributed by atoms with Crippen LogP contribution in [-0.4, -0.2) is 10.9 Å². The molecule has 0 radical (unpaired) electrons. The van der Waals surface area contributed by atoms with Crippen LogP contribution in [0.2, 0.25) is 10.0 Å². The molecule has 5 aromatic rings. The quantitative estimate of drug-likeness (QED) is 0.327.